The molecule has 1 aromatic heterocycles. The first-order chi connectivity index (χ1) is 10.3. The lowest BCUT2D eigenvalue weighted by atomic mass is 9.84. The predicted octanol–water partition coefficient (Wildman–Crippen LogP) is 5.01. The summed E-state index contributed by atoms with van der Waals surface area (Å²) in [6, 6.07) is 2.61. The molecule has 21 heavy (non-hydrogen) atoms. The van der Waals surface area contributed by atoms with Crippen molar-refractivity contribution in [3.8, 4) is 0 Å². The zero-order valence-corrected chi connectivity index (χ0v) is 14.0. The Balaban J connectivity index is 1.86. The minimum atomic E-state index is 0.548. The summed E-state index contributed by atoms with van der Waals surface area (Å²) in [4.78, 5) is 4.08. The second-order valence-corrected chi connectivity index (χ2v) is 6.81. The van der Waals surface area contributed by atoms with Crippen molar-refractivity contribution >= 4 is 11.6 Å². The van der Waals surface area contributed by atoms with Gasteiger partial charge < -0.3 is 5.32 Å². The molecule has 0 bridgehead atoms. The Labute approximate surface area is 134 Å². The molecule has 1 heterocycles. The van der Waals surface area contributed by atoms with Gasteiger partial charge in [0, 0.05) is 18.4 Å². The van der Waals surface area contributed by atoms with Crippen LogP contribution in [0.2, 0.25) is 5.02 Å². The molecule has 1 aromatic rings. The fourth-order valence-corrected chi connectivity index (χ4v) is 3.57. The Kier molecular flexibility index (Phi) is 7.52. The number of pyridine rings is 1. The van der Waals surface area contributed by atoms with Crippen molar-refractivity contribution < 1.29 is 0 Å². The first-order valence-electron chi connectivity index (χ1n) is 8.61. The van der Waals surface area contributed by atoms with Crippen LogP contribution in [-0.4, -0.2) is 17.6 Å². The Bertz CT molecular complexity index is 402. The second kappa shape index (κ2) is 9.42. The summed E-state index contributed by atoms with van der Waals surface area (Å²) in [6.45, 7) is 3.32. The Hall–Kier alpha value is -0.600. The van der Waals surface area contributed by atoms with Gasteiger partial charge in [-0.1, -0.05) is 50.6 Å². The highest BCUT2D eigenvalue weighted by Crippen LogP contribution is 2.28. The standard InChI is InChI=1S/C18H29ClN2/c1-2-11-21-17(9-8-15-6-4-3-5-7-15)13-16-10-12-20-14-18(16)19/h10,12,14-15,17,21H,2-9,11,13H2,1H3. The van der Waals surface area contributed by atoms with Crippen LogP contribution in [0.1, 0.15) is 63.9 Å². The zero-order chi connectivity index (χ0) is 14.9. The molecule has 118 valence electrons. The summed E-state index contributed by atoms with van der Waals surface area (Å²) in [5.41, 5.74) is 1.23. The maximum absolute atomic E-state index is 6.26. The maximum atomic E-state index is 6.26. The topological polar surface area (TPSA) is 24.9 Å². The van der Waals surface area contributed by atoms with Gasteiger partial charge in [0.05, 0.1) is 5.02 Å². The van der Waals surface area contributed by atoms with Crippen molar-refractivity contribution in [1.82, 2.24) is 10.3 Å². The lowest BCUT2D eigenvalue weighted by molar-refractivity contribution is 0.312. The van der Waals surface area contributed by atoms with Crippen molar-refractivity contribution in [2.24, 2.45) is 5.92 Å². The third-order valence-corrected chi connectivity index (χ3v) is 4.99. The molecule has 0 aliphatic heterocycles. The minimum absolute atomic E-state index is 0.548. The summed E-state index contributed by atoms with van der Waals surface area (Å²) in [7, 11) is 0. The summed E-state index contributed by atoms with van der Waals surface area (Å²) in [5, 5.41) is 4.51. The smallest absolute Gasteiger partial charge is 0.0621 e. The van der Waals surface area contributed by atoms with E-state index >= 15 is 0 Å². The summed E-state index contributed by atoms with van der Waals surface area (Å²) in [5.74, 6) is 0.956. The van der Waals surface area contributed by atoms with E-state index in [1.165, 1.54) is 56.9 Å². The molecule has 2 rings (SSSR count). The number of halogens is 1. The SMILES string of the molecule is CCCNC(CCC1CCCCC1)Cc1ccncc1Cl. The highest BCUT2D eigenvalue weighted by Gasteiger charge is 2.17. The van der Waals surface area contributed by atoms with Gasteiger partial charge >= 0.3 is 0 Å². The van der Waals surface area contributed by atoms with Crippen LogP contribution in [0.4, 0.5) is 0 Å². The highest BCUT2D eigenvalue weighted by molar-refractivity contribution is 6.31. The molecule has 0 saturated heterocycles. The normalized spacial score (nSPS) is 17.8. The largest absolute Gasteiger partial charge is 0.314 e. The van der Waals surface area contributed by atoms with Crippen LogP contribution in [-0.2, 0) is 6.42 Å². The van der Waals surface area contributed by atoms with Crippen LogP contribution < -0.4 is 5.32 Å². The Morgan fingerprint density at radius 1 is 1.33 bits per heavy atom. The quantitative estimate of drug-likeness (QED) is 0.730. The summed E-state index contributed by atoms with van der Waals surface area (Å²) in [6.07, 6.45) is 15.6. The Morgan fingerprint density at radius 2 is 2.14 bits per heavy atom. The number of aromatic nitrogens is 1. The van der Waals surface area contributed by atoms with Crippen LogP contribution in [0.3, 0.4) is 0 Å². The van der Waals surface area contributed by atoms with Crippen molar-refractivity contribution in [1.29, 1.82) is 0 Å². The molecular formula is C18H29ClN2. The molecule has 1 atom stereocenters. The molecule has 2 nitrogen and oxygen atoms in total. The van der Waals surface area contributed by atoms with Gasteiger partial charge in [-0.25, -0.2) is 0 Å². The number of nitrogens with zero attached hydrogens (tertiary/aromatic N) is 1. The van der Waals surface area contributed by atoms with Gasteiger partial charge in [-0.05, 0) is 49.8 Å². The number of hydrogen-bond acceptors (Lipinski definition) is 2. The van der Waals surface area contributed by atoms with Crippen LogP contribution in [0, 0.1) is 5.92 Å². The number of rotatable bonds is 8. The molecule has 0 amide bonds. The van der Waals surface area contributed by atoms with Gasteiger partial charge in [0.1, 0.15) is 0 Å². The lowest BCUT2D eigenvalue weighted by Gasteiger charge is -2.25. The maximum Gasteiger partial charge on any atom is 0.0621 e. The van der Waals surface area contributed by atoms with Gasteiger partial charge in [0.2, 0.25) is 0 Å². The van der Waals surface area contributed by atoms with Gasteiger partial charge in [-0.3, -0.25) is 4.98 Å². The molecule has 0 spiro atoms. The average molecular weight is 309 g/mol. The average Bonchev–Trinajstić information content (AvgIpc) is 2.53. The molecule has 1 unspecified atom stereocenters. The zero-order valence-electron chi connectivity index (χ0n) is 13.3. The molecule has 1 N–H and O–H groups in total. The van der Waals surface area contributed by atoms with Gasteiger partial charge in [0.15, 0.2) is 0 Å². The molecule has 0 aromatic carbocycles. The number of nitrogens with one attached hydrogen (secondary N) is 1. The van der Waals surface area contributed by atoms with Crippen LogP contribution in [0.25, 0.3) is 0 Å². The van der Waals surface area contributed by atoms with E-state index in [0.29, 0.717) is 6.04 Å². The molecular weight excluding hydrogens is 280 g/mol. The third-order valence-electron chi connectivity index (χ3n) is 4.65. The predicted molar refractivity (Wildman–Crippen MR) is 90.8 cm³/mol. The van der Waals surface area contributed by atoms with Gasteiger partial charge in [-0.2, -0.15) is 0 Å². The second-order valence-electron chi connectivity index (χ2n) is 6.40. The number of hydrogen-bond donors (Lipinski definition) is 1. The van der Waals surface area contributed by atoms with E-state index in [9.17, 15) is 0 Å². The van der Waals surface area contributed by atoms with Crippen molar-refractivity contribution in [3.05, 3.63) is 29.0 Å². The van der Waals surface area contributed by atoms with Crippen LogP contribution in [0.15, 0.2) is 18.5 Å². The van der Waals surface area contributed by atoms with Crippen molar-refractivity contribution in [3.63, 3.8) is 0 Å². The van der Waals surface area contributed by atoms with E-state index in [4.69, 9.17) is 11.6 Å². The molecule has 1 aliphatic carbocycles. The molecule has 1 aliphatic rings. The molecule has 0 radical (unpaired) electrons. The fraction of sp³-hybridized carbons (Fsp3) is 0.722. The first-order valence-corrected chi connectivity index (χ1v) is 8.99. The first kappa shape index (κ1) is 16.8. The Morgan fingerprint density at radius 3 is 2.86 bits per heavy atom. The highest BCUT2D eigenvalue weighted by atomic mass is 35.5. The van der Waals surface area contributed by atoms with Gasteiger partial charge in [0.25, 0.3) is 0 Å². The summed E-state index contributed by atoms with van der Waals surface area (Å²) < 4.78 is 0. The van der Waals surface area contributed by atoms with E-state index in [0.717, 1.165) is 23.9 Å². The summed E-state index contributed by atoms with van der Waals surface area (Å²) >= 11 is 6.26. The van der Waals surface area contributed by atoms with E-state index in [-0.39, 0.29) is 0 Å². The minimum Gasteiger partial charge on any atom is -0.314 e. The van der Waals surface area contributed by atoms with Crippen molar-refractivity contribution in [2.45, 2.75) is 70.8 Å². The van der Waals surface area contributed by atoms with E-state index in [1.54, 1.807) is 6.20 Å². The monoisotopic (exact) mass is 308 g/mol. The molecule has 1 fully saturated rings. The van der Waals surface area contributed by atoms with E-state index in [1.807, 2.05) is 6.20 Å². The molecule has 3 heteroatoms. The van der Waals surface area contributed by atoms with Gasteiger partial charge in [-0.15, -0.1) is 0 Å². The van der Waals surface area contributed by atoms with E-state index in [2.05, 4.69) is 23.3 Å². The fourth-order valence-electron chi connectivity index (χ4n) is 3.37. The lowest BCUT2D eigenvalue weighted by Crippen LogP contribution is -2.32. The third kappa shape index (κ3) is 5.96. The van der Waals surface area contributed by atoms with Crippen LogP contribution >= 0.6 is 11.6 Å². The van der Waals surface area contributed by atoms with E-state index < -0.39 is 0 Å². The molecule has 1 saturated carbocycles. The van der Waals surface area contributed by atoms with Crippen LogP contribution in [0.5, 0.6) is 0 Å². The van der Waals surface area contributed by atoms with Crippen molar-refractivity contribution in [2.75, 3.05) is 6.54 Å².